The highest BCUT2D eigenvalue weighted by Crippen LogP contribution is 2.27. The van der Waals surface area contributed by atoms with E-state index in [-0.39, 0.29) is 6.04 Å². The second kappa shape index (κ2) is 5.25. The zero-order valence-electron chi connectivity index (χ0n) is 10.7. The van der Waals surface area contributed by atoms with Crippen LogP contribution in [0.5, 0.6) is 0 Å². The molecule has 0 radical (unpaired) electrons. The Morgan fingerprint density at radius 2 is 1.67 bits per heavy atom. The number of nitrogens with zero attached hydrogens (tertiary/aromatic N) is 1. The Morgan fingerprint density at radius 1 is 1.06 bits per heavy atom. The molecule has 1 unspecified atom stereocenters. The Labute approximate surface area is 117 Å². The van der Waals surface area contributed by atoms with E-state index in [1.165, 1.54) is 11.4 Å². The predicted molar refractivity (Wildman–Crippen MR) is 78.1 cm³/mol. The SMILES string of the molecule is Cc1ccc(C)n1NC(C)c1ccc(Cl)cc1Cl. The molecule has 0 bridgehead atoms. The standard InChI is InChI=1S/C14H16Cl2N2/c1-9-4-5-10(2)18(9)17-11(3)13-7-6-12(15)8-14(13)16/h4-8,11,17H,1-3H3. The first kappa shape index (κ1) is 13.3. The highest BCUT2D eigenvalue weighted by atomic mass is 35.5. The van der Waals surface area contributed by atoms with Gasteiger partial charge in [0.1, 0.15) is 0 Å². The number of rotatable bonds is 3. The van der Waals surface area contributed by atoms with Crippen molar-refractivity contribution in [3.8, 4) is 0 Å². The molecule has 0 saturated heterocycles. The third-order valence-corrected chi connectivity index (χ3v) is 3.59. The average molecular weight is 283 g/mol. The largest absolute Gasteiger partial charge is 0.319 e. The molecule has 1 aromatic heterocycles. The van der Waals surface area contributed by atoms with Crippen LogP contribution in [0.2, 0.25) is 10.0 Å². The Morgan fingerprint density at radius 3 is 2.22 bits per heavy atom. The van der Waals surface area contributed by atoms with Crippen molar-refractivity contribution in [1.29, 1.82) is 0 Å². The highest BCUT2D eigenvalue weighted by Gasteiger charge is 2.11. The van der Waals surface area contributed by atoms with E-state index in [1.807, 2.05) is 12.1 Å². The van der Waals surface area contributed by atoms with Gasteiger partial charge in [0.2, 0.25) is 0 Å². The molecule has 2 nitrogen and oxygen atoms in total. The summed E-state index contributed by atoms with van der Waals surface area (Å²) in [5.74, 6) is 0. The van der Waals surface area contributed by atoms with Crippen LogP contribution in [0.1, 0.15) is 29.9 Å². The summed E-state index contributed by atoms with van der Waals surface area (Å²) in [6.07, 6.45) is 0. The molecule has 0 aliphatic carbocycles. The summed E-state index contributed by atoms with van der Waals surface area (Å²) >= 11 is 12.1. The van der Waals surface area contributed by atoms with Crippen LogP contribution in [0.3, 0.4) is 0 Å². The van der Waals surface area contributed by atoms with Gasteiger partial charge in [-0.1, -0.05) is 29.3 Å². The smallest absolute Gasteiger partial charge is 0.0660 e. The second-order valence-corrected chi connectivity index (χ2v) is 5.31. The minimum absolute atomic E-state index is 0.111. The van der Waals surface area contributed by atoms with Crippen molar-refractivity contribution in [2.24, 2.45) is 0 Å². The van der Waals surface area contributed by atoms with Crippen LogP contribution in [-0.2, 0) is 0 Å². The van der Waals surface area contributed by atoms with Crippen molar-refractivity contribution in [3.63, 3.8) is 0 Å². The molecule has 0 spiro atoms. The highest BCUT2D eigenvalue weighted by molar-refractivity contribution is 6.35. The van der Waals surface area contributed by atoms with E-state index in [9.17, 15) is 0 Å². The van der Waals surface area contributed by atoms with E-state index >= 15 is 0 Å². The number of hydrogen-bond acceptors (Lipinski definition) is 1. The maximum atomic E-state index is 6.21. The molecular formula is C14H16Cl2N2. The summed E-state index contributed by atoms with van der Waals surface area (Å²) in [6.45, 7) is 6.21. The first-order chi connectivity index (χ1) is 8.49. The van der Waals surface area contributed by atoms with Gasteiger partial charge in [0, 0.05) is 21.4 Å². The van der Waals surface area contributed by atoms with Crippen LogP contribution in [-0.4, -0.2) is 4.68 Å². The maximum absolute atomic E-state index is 6.21. The number of hydrogen-bond donors (Lipinski definition) is 1. The fourth-order valence-corrected chi connectivity index (χ4v) is 2.56. The molecule has 1 atom stereocenters. The number of nitrogens with one attached hydrogen (secondary N) is 1. The van der Waals surface area contributed by atoms with Gasteiger partial charge in [-0.2, -0.15) is 0 Å². The van der Waals surface area contributed by atoms with Gasteiger partial charge in [0.25, 0.3) is 0 Å². The zero-order valence-corrected chi connectivity index (χ0v) is 12.2. The lowest BCUT2D eigenvalue weighted by Crippen LogP contribution is -2.21. The van der Waals surface area contributed by atoms with Crippen LogP contribution in [0.4, 0.5) is 0 Å². The van der Waals surface area contributed by atoms with E-state index in [0.717, 1.165) is 5.56 Å². The fraction of sp³-hybridized carbons (Fsp3) is 0.286. The van der Waals surface area contributed by atoms with Gasteiger partial charge < -0.3 is 5.43 Å². The van der Waals surface area contributed by atoms with Gasteiger partial charge >= 0.3 is 0 Å². The Hall–Kier alpha value is -1.12. The zero-order chi connectivity index (χ0) is 13.3. The van der Waals surface area contributed by atoms with Crippen molar-refractivity contribution in [3.05, 3.63) is 57.3 Å². The molecule has 0 amide bonds. The second-order valence-electron chi connectivity index (χ2n) is 4.47. The first-order valence-electron chi connectivity index (χ1n) is 5.85. The van der Waals surface area contributed by atoms with Crippen molar-refractivity contribution in [2.45, 2.75) is 26.8 Å². The summed E-state index contributed by atoms with van der Waals surface area (Å²) in [5.41, 5.74) is 6.80. The summed E-state index contributed by atoms with van der Waals surface area (Å²) < 4.78 is 2.07. The molecule has 1 N–H and O–H groups in total. The Bertz CT molecular complexity index is 541. The molecule has 0 saturated carbocycles. The van der Waals surface area contributed by atoms with Crippen LogP contribution in [0.15, 0.2) is 30.3 Å². The average Bonchev–Trinajstić information content (AvgIpc) is 2.60. The molecular weight excluding hydrogens is 267 g/mol. The number of halogens is 2. The third-order valence-electron chi connectivity index (χ3n) is 3.02. The van der Waals surface area contributed by atoms with Gasteiger partial charge in [-0.15, -0.1) is 0 Å². The first-order valence-corrected chi connectivity index (χ1v) is 6.61. The minimum atomic E-state index is 0.111. The Kier molecular flexibility index (Phi) is 3.88. The molecule has 2 aromatic rings. The van der Waals surface area contributed by atoms with Gasteiger partial charge in [-0.3, -0.25) is 4.68 Å². The van der Waals surface area contributed by atoms with Gasteiger partial charge in [0.05, 0.1) is 6.04 Å². The summed E-state index contributed by atoms with van der Waals surface area (Å²) in [5, 5.41) is 1.34. The van der Waals surface area contributed by atoms with E-state index < -0.39 is 0 Å². The summed E-state index contributed by atoms with van der Waals surface area (Å²) in [7, 11) is 0. The van der Waals surface area contributed by atoms with Crippen LogP contribution < -0.4 is 5.43 Å². The van der Waals surface area contributed by atoms with Crippen LogP contribution in [0.25, 0.3) is 0 Å². The van der Waals surface area contributed by atoms with Gasteiger partial charge in [0.15, 0.2) is 0 Å². The van der Waals surface area contributed by atoms with Gasteiger partial charge in [-0.25, -0.2) is 0 Å². The van der Waals surface area contributed by atoms with Crippen LogP contribution in [0, 0.1) is 13.8 Å². The number of benzene rings is 1. The maximum Gasteiger partial charge on any atom is 0.0660 e. The number of aromatic nitrogens is 1. The van der Waals surface area contributed by atoms with E-state index in [1.54, 1.807) is 6.07 Å². The van der Waals surface area contributed by atoms with Crippen molar-refractivity contribution in [2.75, 3.05) is 5.43 Å². The third kappa shape index (κ3) is 2.65. The monoisotopic (exact) mass is 282 g/mol. The molecule has 1 aromatic carbocycles. The lowest BCUT2D eigenvalue weighted by Gasteiger charge is -2.20. The quantitative estimate of drug-likeness (QED) is 0.862. The van der Waals surface area contributed by atoms with E-state index in [4.69, 9.17) is 23.2 Å². The molecule has 96 valence electrons. The fourth-order valence-electron chi connectivity index (χ4n) is 1.99. The van der Waals surface area contributed by atoms with Crippen molar-refractivity contribution >= 4 is 23.2 Å². The molecule has 18 heavy (non-hydrogen) atoms. The molecule has 0 fully saturated rings. The van der Waals surface area contributed by atoms with E-state index in [0.29, 0.717) is 10.0 Å². The molecule has 2 rings (SSSR count). The molecule has 4 heteroatoms. The molecule has 0 aliphatic heterocycles. The number of aryl methyl sites for hydroxylation is 2. The van der Waals surface area contributed by atoms with Gasteiger partial charge in [-0.05, 0) is 50.6 Å². The van der Waals surface area contributed by atoms with Crippen molar-refractivity contribution in [1.82, 2.24) is 4.68 Å². The van der Waals surface area contributed by atoms with E-state index in [2.05, 4.69) is 43.0 Å². The topological polar surface area (TPSA) is 17.0 Å². The lowest BCUT2D eigenvalue weighted by atomic mass is 10.1. The summed E-state index contributed by atoms with van der Waals surface area (Å²) in [4.78, 5) is 0. The normalized spacial score (nSPS) is 12.5. The van der Waals surface area contributed by atoms with Crippen molar-refractivity contribution < 1.29 is 0 Å². The predicted octanol–water partition coefficient (Wildman–Crippen LogP) is 4.72. The van der Waals surface area contributed by atoms with Crippen LogP contribution >= 0.6 is 23.2 Å². The minimum Gasteiger partial charge on any atom is -0.319 e. The lowest BCUT2D eigenvalue weighted by molar-refractivity contribution is 0.699. The summed E-state index contributed by atoms with van der Waals surface area (Å²) in [6, 6.07) is 9.86. The Balaban J connectivity index is 2.24. The molecule has 0 aliphatic rings. The molecule has 1 heterocycles.